The van der Waals surface area contributed by atoms with Crippen LogP contribution < -0.4 is 0 Å². The zero-order valence-corrected chi connectivity index (χ0v) is 8.58. The second kappa shape index (κ2) is 3.56. The van der Waals surface area contributed by atoms with Gasteiger partial charge in [-0.2, -0.15) is 0 Å². The molecule has 0 radical (unpaired) electrons. The molecule has 2 fully saturated rings. The predicted octanol–water partition coefficient (Wildman–Crippen LogP) is 0.886. The van der Waals surface area contributed by atoms with Crippen molar-refractivity contribution in [2.45, 2.75) is 30.9 Å². The van der Waals surface area contributed by atoms with Gasteiger partial charge in [0.2, 0.25) is 0 Å². The summed E-state index contributed by atoms with van der Waals surface area (Å²) in [6, 6.07) is 0. The van der Waals surface area contributed by atoms with Crippen LogP contribution in [0.2, 0.25) is 0 Å². The van der Waals surface area contributed by atoms with Crippen molar-refractivity contribution in [1.29, 1.82) is 0 Å². The molecule has 2 aliphatic rings. The van der Waals surface area contributed by atoms with Gasteiger partial charge in [0, 0.05) is 13.7 Å². The third kappa shape index (κ3) is 1.39. The second-order valence-electron chi connectivity index (χ2n) is 4.19. The normalized spacial score (nSPS) is 41.5. The molecule has 0 aromatic carbocycles. The van der Waals surface area contributed by atoms with Gasteiger partial charge in [0.1, 0.15) is 0 Å². The number of hydrogen-bond acceptors (Lipinski definition) is 3. The molecular weight excluding hydrogens is 166 g/mol. The summed E-state index contributed by atoms with van der Waals surface area (Å²) in [5, 5.41) is 0. The summed E-state index contributed by atoms with van der Waals surface area (Å²) in [5.41, 5.74) is 0.188. The van der Waals surface area contributed by atoms with Gasteiger partial charge in [-0.1, -0.05) is 0 Å². The van der Waals surface area contributed by atoms with Gasteiger partial charge in [-0.15, -0.1) is 0 Å². The van der Waals surface area contributed by atoms with Crippen LogP contribution in [0.3, 0.4) is 0 Å². The van der Waals surface area contributed by atoms with Gasteiger partial charge in [-0.3, -0.25) is 4.90 Å². The molecule has 0 aromatic heterocycles. The maximum Gasteiger partial charge on any atom is 0.0799 e. The van der Waals surface area contributed by atoms with Crippen molar-refractivity contribution >= 4 is 0 Å². The molecule has 3 nitrogen and oxygen atoms in total. The van der Waals surface area contributed by atoms with Gasteiger partial charge >= 0.3 is 0 Å². The van der Waals surface area contributed by atoms with E-state index in [1.54, 1.807) is 0 Å². The van der Waals surface area contributed by atoms with E-state index in [1.165, 1.54) is 19.4 Å². The number of likely N-dealkylation sites (tertiary alicyclic amines) is 1. The van der Waals surface area contributed by atoms with E-state index in [0.717, 1.165) is 19.6 Å². The number of nitrogens with zero attached hydrogens (tertiary/aromatic N) is 1. The van der Waals surface area contributed by atoms with Crippen LogP contribution in [0.4, 0.5) is 0 Å². The van der Waals surface area contributed by atoms with Crippen LogP contribution in [-0.4, -0.2) is 50.5 Å². The molecule has 2 heterocycles. The molecule has 2 aliphatic heterocycles. The summed E-state index contributed by atoms with van der Waals surface area (Å²) in [4.78, 5) is 2.42. The summed E-state index contributed by atoms with van der Waals surface area (Å²) in [7, 11) is 4.01. The van der Waals surface area contributed by atoms with Crippen molar-refractivity contribution in [2.75, 3.05) is 33.9 Å². The average Bonchev–Trinajstić information content (AvgIpc) is 2.50. The van der Waals surface area contributed by atoms with Crippen molar-refractivity contribution in [2.24, 2.45) is 0 Å². The molecule has 2 unspecified atom stereocenters. The van der Waals surface area contributed by atoms with Crippen LogP contribution in [0.1, 0.15) is 19.3 Å². The van der Waals surface area contributed by atoms with E-state index in [1.807, 2.05) is 7.11 Å². The van der Waals surface area contributed by atoms with Crippen molar-refractivity contribution < 1.29 is 9.47 Å². The summed E-state index contributed by atoms with van der Waals surface area (Å²) < 4.78 is 11.2. The Labute approximate surface area is 80.0 Å². The SMILES string of the molecule is COC1CCOCC12CCCN2C. The summed E-state index contributed by atoms with van der Waals surface area (Å²) in [6.45, 7) is 2.89. The Balaban J connectivity index is 2.15. The third-order valence-corrected chi connectivity index (χ3v) is 3.62. The van der Waals surface area contributed by atoms with E-state index in [-0.39, 0.29) is 5.54 Å². The lowest BCUT2D eigenvalue weighted by molar-refractivity contribution is -0.117. The molecule has 0 aliphatic carbocycles. The van der Waals surface area contributed by atoms with Gasteiger partial charge in [-0.05, 0) is 32.9 Å². The highest BCUT2D eigenvalue weighted by Gasteiger charge is 2.47. The van der Waals surface area contributed by atoms with Gasteiger partial charge in [0.05, 0.1) is 18.2 Å². The fraction of sp³-hybridized carbons (Fsp3) is 1.00. The number of hydrogen-bond donors (Lipinski definition) is 0. The first kappa shape index (κ1) is 9.44. The van der Waals surface area contributed by atoms with Gasteiger partial charge in [0.15, 0.2) is 0 Å². The van der Waals surface area contributed by atoms with Crippen LogP contribution in [0.25, 0.3) is 0 Å². The summed E-state index contributed by atoms with van der Waals surface area (Å²) >= 11 is 0. The Bertz CT molecular complexity index is 186. The highest BCUT2D eigenvalue weighted by molar-refractivity contribution is 5.02. The fourth-order valence-electron chi connectivity index (χ4n) is 2.76. The lowest BCUT2D eigenvalue weighted by atomic mass is 9.86. The van der Waals surface area contributed by atoms with Gasteiger partial charge in [-0.25, -0.2) is 0 Å². The lowest BCUT2D eigenvalue weighted by Crippen LogP contribution is -2.58. The quantitative estimate of drug-likeness (QED) is 0.605. The molecule has 76 valence electrons. The van der Waals surface area contributed by atoms with E-state index < -0.39 is 0 Å². The van der Waals surface area contributed by atoms with Gasteiger partial charge in [0.25, 0.3) is 0 Å². The number of rotatable bonds is 1. The Morgan fingerprint density at radius 3 is 3.00 bits per heavy atom. The van der Waals surface area contributed by atoms with E-state index in [4.69, 9.17) is 9.47 Å². The fourth-order valence-corrected chi connectivity index (χ4v) is 2.76. The molecule has 2 atom stereocenters. The Hall–Kier alpha value is -0.120. The molecule has 13 heavy (non-hydrogen) atoms. The Kier molecular flexibility index (Phi) is 2.58. The molecule has 0 amide bonds. The predicted molar refractivity (Wildman–Crippen MR) is 50.8 cm³/mol. The van der Waals surface area contributed by atoms with E-state index >= 15 is 0 Å². The number of likely N-dealkylation sites (N-methyl/N-ethyl adjacent to an activating group) is 1. The zero-order valence-electron chi connectivity index (χ0n) is 8.58. The Morgan fingerprint density at radius 1 is 1.54 bits per heavy atom. The molecule has 2 rings (SSSR count). The van der Waals surface area contributed by atoms with E-state index in [0.29, 0.717) is 6.10 Å². The molecule has 0 N–H and O–H groups in total. The minimum Gasteiger partial charge on any atom is -0.379 e. The lowest BCUT2D eigenvalue weighted by Gasteiger charge is -2.44. The summed E-state index contributed by atoms with van der Waals surface area (Å²) in [6.07, 6.45) is 3.91. The second-order valence-corrected chi connectivity index (χ2v) is 4.19. The Morgan fingerprint density at radius 2 is 2.38 bits per heavy atom. The van der Waals surface area contributed by atoms with Crippen molar-refractivity contribution in [3.8, 4) is 0 Å². The zero-order chi connectivity index (χ0) is 9.31. The van der Waals surface area contributed by atoms with E-state index in [9.17, 15) is 0 Å². The first-order chi connectivity index (χ1) is 6.29. The van der Waals surface area contributed by atoms with Crippen molar-refractivity contribution in [3.05, 3.63) is 0 Å². The molecule has 3 heteroatoms. The minimum absolute atomic E-state index is 0.188. The maximum atomic E-state index is 5.59. The van der Waals surface area contributed by atoms with Crippen molar-refractivity contribution in [1.82, 2.24) is 4.90 Å². The van der Waals surface area contributed by atoms with E-state index in [2.05, 4.69) is 11.9 Å². The van der Waals surface area contributed by atoms with Crippen LogP contribution in [0, 0.1) is 0 Å². The van der Waals surface area contributed by atoms with Crippen LogP contribution in [0.15, 0.2) is 0 Å². The highest BCUT2D eigenvalue weighted by Crippen LogP contribution is 2.36. The first-order valence-corrected chi connectivity index (χ1v) is 5.11. The summed E-state index contributed by atoms with van der Waals surface area (Å²) in [5.74, 6) is 0. The molecule has 1 spiro atoms. The number of ether oxygens (including phenoxy) is 2. The molecular formula is C10H19NO2. The monoisotopic (exact) mass is 185 g/mol. The largest absolute Gasteiger partial charge is 0.379 e. The average molecular weight is 185 g/mol. The maximum absolute atomic E-state index is 5.59. The third-order valence-electron chi connectivity index (χ3n) is 3.62. The molecule has 2 saturated heterocycles. The number of methoxy groups -OCH3 is 1. The van der Waals surface area contributed by atoms with Gasteiger partial charge < -0.3 is 9.47 Å². The first-order valence-electron chi connectivity index (χ1n) is 5.11. The molecule has 0 saturated carbocycles. The molecule has 0 bridgehead atoms. The highest BCUT2D eigenvalue weighted by atomic mass is 16.5. The van der Waals surface area contributed by atoms with Crippen LogP contribution in [0.5, 0.6) is 0 Å². The molecule has 0 aromatic rings. The van der Waals surface area contributed by atoms with Crippen LogP contribution >= 0.6 is 0 Å². The van der Waals surface area contributed by atoms with Crippen molar-refractivity contribution in [3.63, 3.8) is 0 Å². The standard InChI is InChI=1S/C10H19NO2/c1-11-6-3-5-10(11)8-13-7-4-9(10)12-2/h9H,3-8H2,1-2H3. The minimum atomic E-state index is 0.188. The smallest absolute Gasteiger partial charge is 0.0799 e. The van der Waals surface area contributed by atoms with Crippen LogP contribution in [-0.2, 0) is 9.47 Å². The topological polar surface area (TPSA) is 21.7 Å².